The summed E-state index contributed by atoms with van der Waals surface area (Å²) in [6.45, 7) is 0.875. The first-order chi connectivity index (χ1) is 10.4. The first-order valence-corrected chi connectivity index (χ1v) is 8.82. The van der Waals surface area contributed by atoms with Gasteiger partial charge in [-0.2, -0.15) is 0 Å². The van der Waals surface area contributed by atoms with Crippen LogP contribution in [0.1, 0.15) is 12.8 Å². The molecule has 1 aromatic carbocycles. The van der Waals surface area contributed by atoms with E-state index < -0.39 is 21.9 Å². The van der Waals surface area contributed by atoms with E-state index in [1.807, 2.05) is 0 Å². The van der Waals surface area contributed by atoms with Crippen LogP contribution in [0.3, 0.4) is 0 Å². The largest absolute Gasteiger partial charge is 0.481 e. The molecule has 22 heavy (non-hydrogen) atoms. The predicted molar refractivity (Wildman–Crippen MR) is 81.3 cm³/mol. The van der Waals surface area contributed by atoms with Crippen LogP contribution in [0.5, 0.6) is 0 Å². The van der Waals surface area contributed by atoms with Gasteiger partial charge in [0.1, 0.15) is 0 Å². The van der Waals surface area contributed by atoms with Crippen LogP contribution in [0.4, 0.5) is 0 Å². The summed E-state index contributed by atoms with van der Waals surface area (Å²) in [6, 6.07) is 5.85. The molecule has 122 valence electrons. The van der Waals surface area contributed by atoms with Crippen LogP contribution in [0.2, 0.25) is 5.02 Å². The van der Waals surface area contributed by atoms with Crippen LogP contribution in [-0.4, -0.2) is 39.3 Å². The molecule has 2 N–H and O–H groups in total. The fourth-order valence-corrected chi connectivity index (χ4v) is 3.85. The summed E-state index contributed by atoms with van der Waals surface area (Å²) in [7, 11) is -3.78. The molecule has 0 bridgehead atoms. The number of nitrogens with one attached hydrogen (secondary N) is 1. The molecule has 2 rings (SSSR count). The van der Waals surface area contributed by atoms with Crippen molar-refractivity contribution in [2.75, 3.05) is 19.8 Å². The van der Waals surface area contributed by atoms with Gasteiger partial charge in [-0.25, -0.2) is 13.1 Å². The zero-order valence-corrected chi connectivity index (χ0v) is 13.4. The lowest BCUT2D eigenvalue weighted by Gasteiger charge is -2.27. The standard InChI is InChI=1S/C14H18ClNO5S/c15-11-2-1-3-12(8-11)22(19,20)16-9-13(14(17)18)10-4-6-21-7-5-10/h1-3,8,10,13,16H,4-7,9H2,(H,17,18). The van der Waals surface area contributed by atoms with Gasteiger partial charge in [0, 0.05) is 24.8 Å². The van der Waals surface area contributed by atoms with Gasteiger partial charge in [0.15, 0.2) is 0 Å². The minimum atomic E-state index is -3.78. The van der Waals surface area contributed by atoms with E-state index in [1.165, 1.54) is 18.2 Å². The molecule has 1 aromatic rings. The van der Waals surface area contributed by atoms with Gasteiger partial charge in [-0.15, -0.1) is 0 Å². The van der Waals surface area contributed by atoms with Crippen molar-refractivity contribution < 1.29 is 23.1 Å². The van der Waals surface area contributed by atoms with Gasteiger partial charge in [-0.3, -0.25) is 4.79 Å². The van der Waals surface area contributed by atoms with Crippen molar-refractivity contribution in [2.45, 2.75) is 17.7 Å². The molecule has 0 radical (unpaired) electrons. The first kappa shape index (κ1) is 17.2. The lowest BCUT2D eigenvalue weighted by molar-refractivity contribution is -0.144. The molecule has 0 aromatic heterocycles. The summed E-state index contributed by atoms with van der Waals surface area (Å²) < 4.78 is 32.0. The van der Waals surface area contributed by atoms with Crippen molar-refractivity contribution in [3.63, 3.8) is 0 Å². The zero-order valence-electron chi connectivity index (χ0n) is 11.9. The Hall–Kier alpha value is -1.15. The quantitative estimate of drug-likeness (QED) is 0.817. The molecule has 1 unspecified atom stereocenters. The topological polar surface area (TPSA) is 92.7 Å². The SMILES string of the molecule is O=C(O)C(CNS(=O)(=O)c1cccc(Cl)c1)C1CCOCC1. The molecule has 1 fully saturated rings. The van der Waals surface area contributed by atoms with E-state index in [0.29, 0.717) is 31.1 Å². The molecular weight excluding hydrogens is 330 g/mol. The minimum absolute atomic E-state index is 0.0242. The Bertz CT molecular complexity index is 628. The number of rotatable bonds is 6. The summed E-state index contributed by atoms with van der Waals surface area (Å²) in [5.74, 6) is -1.85. The van der Waals surface area contributed by atoms with E-state index in [0.717, 1.165) is 0 Å². The molecule has 6 nitrogen and oxygen atoms in total. The Morgan fingerprint density at radius 2 is 2.09 bits per heavy atom. The fraction of sp³-hybridized carbons (Fsp3) is 0.500. The molecular formula is C14H18ClNO5S. The van der Waals surface area contributed by atoms with E-state index >= 15 is 0 Å². The number of carboxylic acids is 1. The van der Waals surface area contributed by atoms with E-state index in [4.69, 9.17) is 16.3 Å². The fourth-order valence-electron chi connectivity index (χ4n) is 2.49. The minimum Gasteiger partial charge on any atom is -0.481 e. The van der Waals surface area contributed by atoms with Gasteiger partial charge in [0.05, 0.1) is 10.8 Å². The monoisotopic (exact) mass is 347 g/mol. The Morgan fingerprint density at radius 3 is 2.68 bits per heavy atom. The van der Waals surface area contributed by atoms with Crippen molar-refractivity contribution in [1.29, 1.82) is 0 Å². The van der Waals surface area contributed by atoms with Crippen LogP contribution in [0.25, 0.3) is 0 Å². The van der Waals surface area contributed by atoms with Gasteiger partial charge in [-0.1, -0.05) is 17.7 Å². The van der Waals surface area contributed by atoms with Gasteiger partial charge < -0.3 is 9.84 Å². The molecule has 0 saturated carbocycles. The average molecular weight is 348 g/mol. The molecule has 0 aliphatic carbocycles. The number of ether oxygens (including phenoxy) is 1. The molecule has 1 saturated heterocycles. The van der Waals surface area contributed by atoms with E-state index in [1.54, 1.807) is 6.07 Å². The van der Waals surface area contributed by atoms with E-state index in [9.17, 15) is 18.3 Å². The van der Waals surface area contributed by atoms with Gasteiger partial charge in [-0.05, 0) is 37.0 Å². The Morgan fingerprint density at radius 1 is 1.41 bits per heavy atom. The highest BCUT2D eigenvalue weighted by Crippen LogP contribution is 2.24. The Labute approximate surface area is 134 Å². The van der Waals surface area contributed by atoms with Crippen LogP contribution in [-0.2, 0) is 19.6 Å². The van der Waals surface area contributed by atoms with Gasteiger partial charge in [0.25, 0.3) is 0 Å². The van der Waals surface area contributed by atoms with Crippen molar-refractivity contribution in [2.24, 2.45) is 11.8 Å². The second kappa shape index (κ2) is 7.41. The number of sulfonamides is 1. The molecule has 1 aliphatic rings. The van der Waals surface area contributed by atoms with E-state index in [-0.39, 0.29) is 17.4 Å². The highest BCUT2D eigenvalue weighted by molar-refractivity contribution is 7.89. The van der Waals surface area contributed by atoms with Crippen molar-refractivity contribution in [3.05, 3.63) is 29.3 Å². The molecule has 1 aliphatic heterocycles. The maximum Gasteiger partial charge on any atom is 0.308 e. The third kappa shape index (κ3) is 4.42. The zero-order chi connectivity index (χ0) is 16.2. The van der Waals surface area contributed by atoms with Crippen molar-refractivity contribution >= 4 is 27.6 Å². The number of hydrogen-bond donors (Lipinski definition) is 2. The number of hydrogen-bond acceptors (Lipinski definition) is 4. The molecule has 1 heterocycles. The molecule has 8 heteroatoms. The number of aliphatic carboxylic acids is 1. The predicted octanol–water partition coefficient (Wildman–Crippen LogP) is 1.75. The Balaban J connectivity index is 2.06. The smallest absolute Gasteiger partial charge is 0.308 e. The third-order valence-corrected chi connectivity index (χ3v) is 5.41. The first-order valence-electron chi connectivity index (χ1n) is 6.96. The summed E-state index contributed by atoms with van der Waals surface area (Å²) >= 11 is 5.79. The second-order valence-electron chi connectivity index (χ2n) is 5.20. The highest BCUT2D eigenvalue weighted by atomic mass is 35.5. The molecule has 0 spiro atoms. The summed E-state index contributed by atoms with van der Waals surface area (Å²) in [5, 5.41) is 9.65. The highest BCUT2D eigenvalue weighted by Gasteiger charge is 2.31. The molecule has 0 amide bonds. The summed E-state index contributed by atoms with van der Waals surface area (Å²) in [6.07, 6.45) is 1.24. The number of halogens is 1. The van der Waals surface area contributed by atoms with Gasteiger partial charge >= 0.3 is 5.97 Å². The van der Waals surface area contributed by atoms with Crippen LogP contribution in [0.15, 0.2) is 29.2 Å². The van der Waals surface area contributed by atoms with Gasteiger partial charge in [0.2, 0.25) is 10.0 Å². The normalized spacial score (nSPS) is 18.0. The van der Waals surface area contributed by atoms with Crippen LogP contribution < -0.4 is 4.72 Å². The lowest BCUT2D eigenvalue weighted by atomic mass is 9.86. The summed E-state index contributed by atoms with van der Waals surface area (Å²) in [5.41, 5.74) is 0. The third-order valence-electron chi connectivity index (χ3n) is 3.75. The number of carbonyl (C=O) groups is 1. The lowest BCUT2D eigenvalue weighted by Crippen LogP contribution is -2.38. The van der Waals surface area contributed by atoms with E-state index in [2.05, 4.69) is 4.72 Å². The molecule has 1 atom stereocenters. The maximum absolute atomic E-state index is 12.2. The van der Waals surface area contributed by atoms with Crippen molar-refractivity contribution in [1.82, 2.24) is 4.72 Å². The second-order valence-corrected chi connectivity index (χ2v) is 7.41. The summed E-state index contributed by atoms with van der Waals surface area (Å²) in [4.78, 5) is 11.4. The van der Waals surface area contributed by atoms with Crippen LogP contribution >= 0.6 is 11.6 Å². The van der Waals surface area contributed by atoms with Crippen molar-refractivity contribution in [3.8, 4) is 0 Å². The number of benzene rings is 1. The average Bonchev–Trinajstić information content (AvgIpc) is 2.48. The number of carboxylic acid groups (broad SMARTS) is 1. The maximum atomic E-state index is 12.2. The Kier molecular flexibility index (Phi) is 5.80. The van der Waals surface area contributed by atoms with Crippen LogP contribution in [0, 0.1) is 11.8 Å².